The van der Waals surface area contributed by atoms with Gasteiger partial charge in [0.15, 0.2) is 5.75 Å². The monoisotopic (exact) mass is 402 g/mol. The standard InChI is InChI=1S/C22H15FN4O3/c1-27-21-14(6-3-7-18(21)30-13-5-2-4-12(23)10-13)20(26-27)17-11-16-19(25-17)15(22(28)29)8-9-24-16/h2-11,25H,1H3,(H,28,29). The van der Waals surface area contributed by atoms with E-state index in [2.05, 4.69) is 15.1 Å². The number of rotatable bonds is 4. The van der Waals surface area contributed by atoms with Crippen LogP contribution in [0.5, 0.6) is 11.5 Å². The van der Waals surface area contributed by atoms with E-state index in [1.165, 1.54) is 24.4 Å². The van der Waals surface area contributed by atoms with Crippen LogP contribution in [0.3, 0.4) is 0 Å². The number of carbonyl (C=O) groups is 1. The zero-order valence-corrected chi connectivity index (χ0v) is 15.8. The molecule has 0 saturated carbocycles. The summed E-state index contributed by atoms with van der Waals surface area (Å²) in [6.45, 7) is 0. The summed E-state index contributed by atoms with van der Waals surface area (Å²) in [5.41, 5.74) is 3.11. The fourth-order valence-electron chi connectivity index (χ4n) is 3.57. The Hall–Kier alpha value is -4.20. The second-order valence-electron chi connectivity index (χ2n) is 6.79. The van der Waals surface area contributed by atoms with Gasteiger partial charge in [-0.2, -0.15) is 5.10 Å². The smallest absolute Gasteiger partial charge is 0.337 e. The van der Waals surface area contributed by atoms with E-state index in [9.17, 15) is 14.3 Å². The molecule has 3 aromatic heterocycles. The van der Waals surface area contributed by atoms with Crippen LogP contribution in [-0.2, 0) is 7.05 Å². The molecule has 0 radical (unpaired) electrons. The van der Waals surface area contributed by atoms with Gasteiger partial charge in [-0.1, -0.05) is 18.2 Å². The van der Waals surface area contributed by atoms with Crippen LogP contribution in [0.1, 0.15) is 10.4 Å². The Bertz CT molecular complexity index is 1440. The summed E-state index contributed by atoms with van der Waals surface area (Å²) >= 11 is 0. The number of nitrogens with one attached hydrogen (secondary N) is 1. The van der Waals surface area contributed by atoms with Crippen LogP contribution in [0.15, 0.2) is 60.8 Å². The number of hydrogen-bond acceptors (Lipinski definition) is 4. The summed E-state index contributed by atoms with van der Waals surface area (Å²) in [7, 11) is 1.79. The van der Waals surface area contributed by atoms with Gasteiger partial charge in [0.2, 0.25) is 0 Å². The highest BCUT2D eigenvalue weighted by atomic mass is 19.1. The number of fused-ring (bicyclic) bond motifs is 2. The van der Waals surface area contributed by atoms with Crippen LogP contribution in [0.2, 0.25) is 0 Å². The SMILES string of the molecule is Cn1nc(-c2cc3nccc(C(=O)O)c3[nH]2)c2cccc(Oc3cccc(F)c3)c21. The Kier molecular flexibility index (Phi) is 3.99. The fourth-order valence-corrected chi connectivity index (χ4v) is 3.57. The van der Waals surface area contributed by atoms with Crippen LogP contribution in [0, 0.1) is 5.82 Å². The molecule has 2 N–H and O–H groups in total. The molecule has 0 aliphatic heterocycles. The van der Waals surface area contributed by atoms with E-state index < -0.39 is 5.97 Å². The third kappa shape index (κ3) is 2.86. The molecule has 0 bridgehead atoms. The summed E-state index contributed by atoms with van der Waals surface area (Å²) in [5, 5.41) is 14.8. The second-order valence-corrected chi connectivity index (χ2v) is 6.79. The Morgan fingerprint density at radius 1 is 1.17 bits per heavy atom. The van der Waals surface area contributed by atoms with Gasteiger partial charge in [-0.05, 0) is 30.3 Å². The number of halogens is 1. The van der Waals surface area contributed by atoms with E-state index in [1.54, 1.807) is 36.0 Å². The third-order valence-electron chi connectivity index (χ3n) is 4.86. The van der Waals surface area contributed by atoms with E-state index in [-0.39, 0.29) is 11.4 Å². The van der Waals surface area contributed by atoms with Gasteiger partial charge in [0, 0.05) is 24.7 Å². The number of aromatic carboxylic acids is 1. The molecule has 0 fully saturated rings. The Labute approximate surface area is 169 Å². The predicted octanol–water partition coefficient (Wildman–Crippen LogP) is 4.75. The molecule has 30 heavy (non-hydrogen) atoms. The summed E-state index contributed by atoms with van der Waals surface area (Å²) < 4.78 is 21.1. The van der Waals surface area contributed by atoms with Gasteiger partial charge in [-0.25, -0.2) is 9.18 Å². The van der Waals surface area contributed by atoms with E-state index in [4.69, 9.17) is 4.74 Å². The number of para-hydroxylation sites is 1. The summed E-state index contributed by atoms with van der Waals surface area (Å²) in [5.74, 6) is -0.511. The number of benzene rings is 2. The Morgan fingerprint density at radius 3 is 2.80 bits per heavy atom. The van der Waals surface area contributed by atoms with Gasteiger partial charge in [-0.15, -0.1) is 0 Å². The first-order valence-corrected chi connectivity index (χ1v) is 9.12. The number of pyridine rings is 1. The summed E-state index contributed by atoms with van der Waals surface area (Å²) in [6.07, 6.45) is 1.46. The quantitative estimate of drug-likeness (QED) is 0.453. The first-order valence-electron chi connectivity index (χ1n) is 9.12. The molecule has 148 valence electrons. The van der Waals surface area contributed by atoms with Crippen molar-refractivity contribution in [2.75, 3.05) is 0 Å². The van der Waals surface area contributed by atoms with Crippen molar-refractivity contribution in [2.45, 2.75) is 0 Å². The highest BCUT2D eigenvalue weighted by Crippen LogP contribution is 2.36. The van der Waals surface area contributed by atoms with Crippen molar-refractivity contribution in [3.63, 3.8) is 0 Å². The molecule has 0 saturated heterocycles. The average Bonchev–Trinajstić information content (AvgIpc) is 3.29. The minimum atomic E-state index is -1.03. The van der Waals surface area contributed by atoms with Crippen molar-refractivity contribution in [1.29, 1.82) is 0 Å². The van der Waals surface area contributed by atoms with Gasteiger partial charge in [0.05, 0.1) is 22.3 Å². The van der Waals surface area contributed by atoms with Crippen LogP contribution < -0.4 is 4.74 Å². The third-order valence-corrected chi connectivity index (χ3v) is 4.86. The number of aryl methyl sites for hydroxylation is 1. The van der Waals surface area contributed by atoms with Gasteiger partial charge < -0.3 is 14.8 Å². The van der Waals surface area contributed by atoms with Gasteiger partial charge >= 0.3 is 5.97 Å². The number of carboxylic acids is 1. The van der Waals surface area contributed by atoms with Crippen LogP contribution >= 0.6 is 0 Å². The fraction of sp³-hybridized carbons (Fsp3) is 0.0455. The lowest BCUT2D eigenvalue weighted by Crippen LogP contribution is -1.97. The summed E-state index contributed by atoms with van der Waals surface area (Å²) in [6, 6.07) is 14.6. The van der Waals surface area contributed by atoms with Crippen molar-refractivity contribution < 1.29 is 19.0 Å². The highest BCUT2D eigenvalue weighted by Gasteiger charge is 2.19. The molecule has 5 aromatic rings. The van der Waals surface area contributed by atoms with Gasteiger partial charge in [0.25, 0.3) is 0 Å². The predicted molar refractivity (Wildman–Crippen MR) is 109 cm³/mol. The number of H-pyrrole nitrogens is 1. The molecular weight excluding hydrogens is 387 g/mol. The molecule has 0 atom stereocenters. The Balaban J connectivity index is 1.66. The van der Waals surface area contributed by atoms with Crippen LogP contribution in [0.25, 0.3) is 33.3 Å². The van der Waals surface area contributed by atoms with E-state index >= 15 is 0 Å². The lowest BCUT2D eigenvalue weighted by Gasteiger charge is -2.08. The molecule has 0 amide bonds. The van der Waals surface area contributed by atoms with Crippen molar-refractivity contribution in [3.05, 3.63) is 72.2 Å². The minimum Gasteiger partial charge on any atom is -0.478 e. The first kappa shape index (κ1) is 17.9. The van der Waals surface area contributed by atoms with E-state index in [0.29, 0.717) is 33.9 Å². The molecule has 2 aromatic carbocycles. The maximum absolute atomic E-state index is 13.5. The topological polar surface area (TPSA) is 93.0 Å². The van der Waals surface area contributed by atoms with Crippen molar-refractivity contribution in [2.24, 2.45) is 7.05 Å². The van der Waals surface area contributed by atoms with E-state index in [0.717, 1.165) is 10.9 Å². The molecule has 0 aliphatic carbocycles. The highest BCUT2D eigenvalue weighted by molar-refractivity contribution is 6.03. The molecule has 5 rings (SSSR count). The normalized spacial score (nSPS) is 11.3. The van der Waals surface area contributed by atoms with Gasteiger partial charge in [0.1, 0.15) is 22.8 Å². The number of hydrogen-bond donors (Lipinski definition) is 2. The largest absolute Gasteiger partial charge is 0.478 e. The molecule has 0 unspecified atom stereocenters. The summed E-state index contributed by atoms with van der Waals surface area (Å²) in [4.78, 5) is 18.9. The van der Waals surface area contributed by atoms with Crippen molar-refractivity contribution >= 4 is 27.9 Å². The van der Waals surface area contributed by atoms with E-state index in [1.807, 2.05) is 12.1 Å². The molecule has 3 heterocycles. The lowest BCUT2D eigenvalue weighted by atomic mass is 10.1. The number of nitrogens with zero attached hydrogens (tertiary/aromatic N) is 3. The number of carboxylic acid groups (broad SMARTS) is 1. The van der Waals surface area contributed by atoms with Crippen molar-refractivity contribution in [1.82, 2.24) is 19.7 Å². The first-order chi connectivity index (χ1) is 14.5. The lowest BCUT2D eigenvalue weighted by molar-refractivity contribution is 0.0698. The minimum absolute atomic E-state index is 0.140. The molecular formula is C22H15FN4O3. The van der Waals surface area contributed by atoms with Crippen LogP contribution in [0.4, 0.5) is 4.39 Å². The second kappa shape index (κ2) is 6.70. The molecule has 0 aliphatic rings. The zero-order valence-electron chi connectivity index (χ0n) is 15.8. The number of aromatic nitrogens is 4. The average molecular weight is 402 g/mol. The van der Waals surface area contributed by atoms with Crippen molar-refractivity contribution in [3.8, 4) is 22.9 Å². The van der Waals surface area contributed by atoms with Gasteiger partial charge in [-0.3, -0.25) is 9.67 Å². The molecule has 7 nitrogen and oxygen atoms in total. The number of ether oxygens (including phenoxy) is 1. The molecule has 0 spiro atoms. The number of aromatic amines is 1. The van der Waals surface area contributed by atoms with Crippen LogP contribution in [-0.4, -0.2) is 30.8 Å². The Morgan fingerprint density at radius 2 is 2.00 bits per heavy atom. The zero-order chi connectivity index (χ0) is 20.8. The molecule has 8 heteroatoms. The maximum atomic E-state index is 13.5. The maximum Gasteiger partial charge on any atom is 0.337 e.